The lowest BCUT2D eigenvalue weighted by Gasteiger charge is -2.38. The summed E-state index contributed by atoms with van der Waals surface area (Å²) in [5.41, 5.74) is -0.697. The molecule has 0 amide bonds. The Morgan fingerprint density at radius 1 is 1.31 bits per heavy atom. The molecule has 1 aliphatic rings. The van der Waals surface area contributed by atoms with Crippen LogP contribution in [0.5, 0.6) is 0 Å². The van der Waals surface area contributed by atoms with Crippen molar-refractivity contribution in [2.45, 2.75) is 11.8 Å². The Kier molecular flexibility index (Phi) is 3.96. The summed E-state index contributed by atoms with van der Waals surface area (Å²) < 4.78 is 49.1. The summed E-state index contributed by atoms with van der Waals surface area (Å²) in [6.45, 7) is -1.05. The Balaban J connectivity index is 1.54. The molecule has 0 saturated carbocycles. The van der Waals surface area contributed by atoms with E-state index in [1.165, 1.54) is 6.20 Å². The van der Waals surface area contributed by atoms with Gasteiger partial charge in [0, 0.05) is 37.2 Å². The Morgan fingerprint density at radius 2 is 2.15 bits per heavy atom. The van der Waals surface area contributed by atoms with Gasteiger partial charge in [0.2, 0.25) is 5.82 Å². The van der Waals surface area contributed by atoms with Gasteiger partial charge in [0.25, 0.3) is 5.89 Å². The Labute approximate surface area is 145 Å². The molecule has 3 aromatic rings. The molecule has 0 aromatic carbocycles. The van der Waals surface area contributed by atoms with Crippen molar-refractivity contribution >= 4 is 0 Å². The highest BCUT2D eigenvalue weighted by Gasteiger charge is 2.48. The number of aromatic nitrogens is 5. The second-order valence-electron chi connectivity index (χ2n) is 5.78. The summed E-state index contributed by atoms with van der Waals surface area (Å²) in [6.07, 6.45) is 0.486. The van der Waals surface area contributed by atoms with Crippen molar-refractivity contribution in [3.05, 3.63) is 42.7 Å². The average Bonchev–Trinajstić information content (AvgIpc) is 3.25. The van der Waals surface area contributed by atoms with Gasteiger partial charge in [-0.2, -0.15) is 23.3 Å². The van der Waals surface area contributed by atoms with Gasteiger partial charge >= 0.3 is 6.18 Å². The molecule has 26 heavy (non-hydrogen) atoms. The van der Waals surface area contributed by atoms with Gasteiger partial charge < -0.3 is 14.6 Å². The van der Waals surface area contributed by atoms with E-state index in [0.717, 1.165) is 0 Å². The second-order valence-corrected chi connectivity index (χ2v) is 5.78. The first-order valence-electron chi connectivity index (χ1n) is 7.67. The fourth-order valence-corrected chi connectivity index (χ4v) is 2.47. The van der Waals surface area contributed by atoms with Crippen LogP contribution in [0.3, 0.4) is 0 Å². The van der Waals surface area contributed by atoms with Crippen LogP contribution in [-0.4, -0.2) is 50.8 Å². The molecule has 136 valence electrons. The van der Waals surface area contributed by atoms with Crippen LogP contribution in [0.15, 0.2) is 41.3 Å². The number of hydrogen-bond acceptors (Lipinski definition) is 7. The third-order valence-corrected chi connectivity index (χ3v) is 3.89. The molecule has 1 fully saturated rings. The minimum Gasteiger partial charge on any atom is -0.353 e. The number of rotatable bonds is 5. The summed E-state index contributed by atoms with van der Waals surface area (Å²) in [4.78, 5) is 8.45. The molecular weight excluding hydrogens is 353 g/mol. The number of nitrogens with one attached hydrogen (secondary N) is 1. The van der Waals surface area contributed by atoms with Crippen LogP contribution in [0.2, 0.25) is 0 Å². The van der Waals surface area contributed by atoms with Crippen molar-refractivity contribution in [1.82, 2.24) is 30.2 Å². The van der Waals surface area contributed by atoms with Crippen LogP contribution >= 0.6 is 0 Å². The van der Waals surface area contributed by atoms with E-state index in [1.54, 1.807) is 35.3 Å². The third kappa shape index (κ3) is 3.18. The summed E-state index contributed by atoms with van der Waals surface area (Å²) in [7, 11) is 0. The highest BCUT2D eigenvalue weighted by molar-refractivity contribution is 5.53. The smallest absolute Gasteiger partial charge is 0.353 e. The fraction of sp³-hybridized carbons (Fsp3) is 0.333. The summed E-state index contributed by atoms with van der Waals surface area (Å²) >= 11 is 0. The van der Waals surface area contributed by atoms with Gasteiger partial charge in [-0.1, -0.05) is 5.16 Å². The molecule has 4 heterocycles. The molecule has 0 bridgehead atoms. The van der Waals surface area contributed by atoms with Crippen molar-refractivity contribution < 1.29 is 22.4 Å². The summed E-state index contributed by atoms with van der Waals surface area (Å²) in [5.74, 6) is 0.837. The van der Waals surface area contributed by atoms with E-state index in [1.807, 2.05) is 0 Å². The van der Waals surface area contributed by atoms with Crippen molar-refractivity contribution in [3.8, 4) is 17.2 Å². The Bertz CT molecular complexity index is 872. The van der Waals surface area contributed by atoms with E-state index < -0.39 is 18.4 Å². The highest BCUT2D eigenvalue weighted by Crippen LogP contribution is 2.32. The molecule has 0 atom stereocenters. The molecule has 0 spiro atoms. The number of ether oxygens (including phenoxy) is 1. The SMILES string of the molecule is FC(F)(F)COC1(c2nc(-c3ccc(-n4cccn4)nc3)no2)CNC1. The van der Waals surface area contributed by atoms with Gasteiger partial charge in [0.1, 0.15) is 6.61 Å². The molecule has 1 saturated heterocycles. The van der Waals surface area contributed by atoms with E-state index in [4.69, 9.17) is 9.26 Å². The van der Waals surface area contributed by atoms with Crippen LogP contribution in [0.25, 0.3) is 17.2 Å². The first-order chi connectivity index (χ1) is 12.5. The van der Waals surface area contributed by atoms with Crippen molar-refractivity contribution in [1.29, 1.82) is 0 Å². The summed E-state index contributed by atoms with van der Waals surface area (Å²) in [5, 5.41) is 10.8. The first kappa shape index (κ1) is 16.7. The third-order valence-electron chi connectivity index (χ3n) is 3.89. The van der Waals surface area contributed by atoms with E-state index in [-0.39, 0.29) is 24.8 Å². The van der Waals surface area contributed by atoms with Crippen molar-refractivity contribution in [2.75, 3.05) is 19.7 Å². The number of nitrogens with zero attached hydrogens (tertiary/aromatic N) is 5. The van der Waals surface area contributed by atoms with Gasteiger partial charge in [-0.25, -0.2) is 9.67 Å². The molecule has 4 rings (SSSR count). The lowest BCUT2D eigenvalue weighted by atomic mass is 9.97. The minimum absolute atomic E-state index is 0.00616. The maximum Gasteiger partial charge on any atom is 0.411 e. The highest BCUT2D eigenvalue weighted by atomic mass is 19.4. The first-order valence-corrected chi connectivity index (χ1v) is 7.67. The molecule has 11 heteroatoms. The monoisotopic (exact) mass is 366 g/mol. The number of halogens is 3. The van der Waals surface area contributed by atoms with Crippen LogP contribution in [0.1, 0.15) is 5.89 Å². The maximum absolute atomic E-state index is 12.5. The van der Waals surface area contributed by atoms with Crippen LogP contribution in [-0.2, 0) is 10.3 Å². The van der Waals surface area contributed by atoms with Crippen LogP contribution in [0, 0.1) is 0 Å². The van der Waals surface area contributed by atoms with Gasteiger partial charge in [-0.15, -0.1) is 0 Å². The normalized spacial score (nSPS) is 16.4. The van der Waals surface area contributed by atoms with E-state index >= 15 is 0 Å². The molecule has 3 aromatic heterocycles. The average molecular weight is 366 g/mol. The van der Waals surface area contributed by atoms with Crippen LogP contribution in [0.4, 0.5) is 13.2 Å². The largest absolute Gasteiger partial charge is 0.411 e. The van der Waals surface area contributed by atoms with Crippen molar-refractivity contribution in [2.24, 2.45) is 0 Å². The van der Waals surface area contributed by atoms with Gasteiger partial charge in [0.05, 0.1) is 0 Å². The fourth-order valence-electron chi connectivity index (χ4n) is 2.47. The van der Waals surface area contributed by atoms with Crippen molar-refractivity contribution in [3.63, 3.8) is 0 Å². The topological polar surface area (TPSA) is 90.9 Å². The Morgan fingerprint density at radius 3 is 2.73 bits per heavy atom. The van der Waals surface area contributed by atoms with Gasteiger partial charge in [-0.3, -0.25) is 0 Å². The molecule has 8 nitrogen and oxygen atoms in total. The predicted octanol–water partition coefficient (Wildman–Crippen LogP) is 1.69. The number of pyridine rings is 1. The van der Waals surface area contributed by atoms with Gasteiger partial charge in [-0.05, 0) is 18.2 Å². The standard InChI is InChI=1S/C15H13F3N6O2/c16-15(17,18)9-25-14(7-19-8-14)13-22-12(23-26-13)10-2-3-11(20-6-10)24-5-1-4-21-24/h1-6,19H,7-9H2. The Hall–Kier alpha value is -2.79. The zero-order valence-corrected chi connectivity index (χ0v) is 13.3. The molecule has 1 aliphatic heterocycles. The van der Waals surface area contributed by atoms with Crippen LogP contribution < -0.4 is 5.32 Å². The number of alkyl halides is 3. The molecule has 0 radical (unpaired) electrons. The lowest BCUT2D eigenvalue weighted by molar-refractivity contribution is -0.222. The summed E-state index contributed by atoms with van der Waals surface area (Å²) in [6, 6.07) is 5.22. The minimum atomic E-state index is -4.43. The van der Waals surface area contributed by atoms with E-state index in [0.29, 0.717) is 11.4 Å². The zero-order valence-electron chi connectivity index (χ0n) is 13.3. The molecule has 0 unspecified atom stereocenters. The lowest BCUT2D eigenvalue weighted by Crippen LogP contribution is -2.59. The second kappa shape index (κ2) is 6.18. The predicted molar refractivity (Wildman–Crippen MR) is 81.2 cm³/mol. The zero-order chi connectivity index (χ0) is 18.2. The molecule has 1 N–H and O–H groups in total. The maximum atomic E-state index is 12.5. The van der Waals surface area contributed by atoms with E-state index in [2.05, 4.69) is 25.5 Å². The number of hydrogen-bond donors (Lipinski definition) is 1. The molecule has 0 aliphatic carbocycles. The van der Waals surface area contributed by atoms with Gasteiger partial charge in [0.15, 0.2) is 11.4 Å². The van der Waals surface area contributed by atoms with E-state index in [9.17, 15) is 13.2 Å². The molecular formula is C15H13F3N6O2. The quantitative estimate of drug-likeness (QED) is 0.735.